The van der Waals surface area contributed by atoms with Crippen LogP contribution in [-0.4, -0.2) is 48.3 Å². The second-order valence-corrected chi connectivity index (χ2v) is 7.98. The summed E-state index contributed by atoms with van der Waals surface area (Å²) in [4.78, 5) is 36.4. The number of carbonyl (C=O) groups is 2. The Hall–Kier alpha value is -3.08. The van der Waals surface area contributed by atoms with Gasteiger partial charge in [0.25, 0.3) is 16.8 Å². The van der Waals surface area contributed by atoms with Gasteiger partial charge in [-0.15, -0.1) is 0 Å². The Kier molecular flexibility index (Phi) is 7.73. The second kappa shape index (κ2) is 10.5. The molecule has 0 radical (unpaired) electrons. The van der Waals surface area contributed by atoms with Crippen LogP contribution in [0.3, 0.4) is 0 Å². The molecule has 168 valence electrons. The lowest BCUT2D eigenvalue weighted by Gasteiger charge is -2.14. The Morgan fingerprint density at radius 2 is 2.00 bits per heavy atom. The van der Waals surface area contributed by atoms with Crippen LogP contribution < -0.4 is 9.47 Å². The van der Waals surface area contributed by atoms with Gasteiger partial charge in [0.1, 0.15) is 6.61 Å². The summed E-state index contributed by atoms with van der Waals surface area (Å²) in [6, 6.07) is 9.27. The number of methoxy groups -OCH3 is 2. The Labute approximate surface area is 193 Å². The number of imide groups is 1. The van der Waals surface area contributed by atoms with Crippen LogP contribution in [-0.2, 0) is 16.1 Å². The van der Waals surface area contributed by atoms with Gasteiger partial charge in [0.15, 0.2) is 11.5 Å². The van der Waals surface area contributed by atoms with E-state index in [2.05, 4.69) is 0 Å². The van der Waals surface area contributed by atoms with Crippen molar-refractivity contribution in [1.29, 1.82) is 0 Å². The van der Waals surface area contributed by atoms with E-state index in [-0.39, 0.29) is 46.4 Å². The van der Waals surface area contributed by atoms with Gasteiger partial charge in [0.05, 0.1) is 35.1 Å². The zero-order valence-corrected chi connectivity index (χ0v) is 18.8. The molecule has 0 saturated carbocycles. The maximum atomic E-state index is 12.5. The van der Waals surface area contributed by atoms with Gasteiger partial charge in [-0.05, 0) is 41.1 Å². The first-order valence-electron chi connectivity index (χ1n) is 9.32. The van der Waals surface area contributed by atoms with Gasteiger partial charge in [-0.2, -0.15) is 0 Å². The maximum absolute atomic E-state index is 12.5. The molecular formula is C21H19ClN2O7S. The molecule has 1 fully saturated rings. The Bertz CT molecular complexity index is 1090. The first-order valence-corrected chi connectivity index (χ1v) is 10.5. The van der Waals surface area contributed by atoms with E-state index in [1.165, 1.54) is 26.4 Å². The Morgan fingerprint density at radius 1 is 1.22 bits per heavy atom. The van der Waals surface area contributed by atoms with Gasteiger partial charge < -0.3 is 14.2 Å². The van der Waals surface area contributed by atoms with Gasteiger partial charge in [-0.3, -0.25) is 24.6 Å². The number of halogens is 1. The first kappa shape index (κ1) is 23.6. The molecule has 1 heterocycles. The van der Waals surface area contributed by atoms with E-state index in [1.54, 1.807) is 30.3 Å². The number of nitro benzene ring substituents is 1. The van der Waals surface area contributed by atoms with Gasteiger partial charge >= 0.3 is 0 Å². The Morgan fingerprint density at radius 3 is 2.69 bits per heavy atom. The molecule has 2 aromatic rings. The van der Waals surface area contributed by atoms with E-state index in [0.29, 0.717) is 16.9 Å². The van der Waals surface area contributed by atoms with Crippen molar-refractivity contribution in [3.63, 3.8) is 0 Å². The molecule has 3 rings (SSSR count). The number of nitrogens with zero attached hydrogens (tertiary/aromatic N) is 2. The molecule has 1 aliphatic heterocycles. The van der Waals surface area contributed by atoms with Crippen molar-refractivity contribution < 1.29 is 28.7 Å². The molecule has 0 N–H and O–H groups in total. The van der Waals surface area contributed by atoms with Crippen molar-refractivity contribution in [2.75, 3.05) is 27.4 Å². The van der Waals surface area contributed by atoms with Gasteiger partial charge in [-0.25, -0.2) is 0 Å². The van der Waals surface area contributed by atoms with Crippen LogP contribution in [0.2, 0.25) is 5.02 Å². The molecule has 0 spiro atoms. The highest BCUT2D eigenvalue weighted by Crippen LogP contribution is 2.39. The summed E-state index contributed by atoms with van der Waals surface area (Å²) >= 11 is 7.22. The average Bonchev–Trinajstić information content (AvgIpc) is 3.03. The molecule has 1 saturated heterocycles. The number of rotatable bonds is 9. The van der Waals surface area contributed by atoms with Crippen LogP contribution in [0.15, 0.2) is 41.3 Å². The molecule has 9 nitrogen and oxygen atoms in total. The summed E-state index contributed by atoms with van der Waals surface area (Å²) in [5, 5.41) is 10.8. The van der Waals surface area contributed by atoms with Crippen molar-refractivity contribution in [1.82, 2.24) is 4.90 Å². The maximum Gasteiger partial charge on any atom is 0.293 e. The van der Waals surface area contributed by atoms with Crippen LogP contribution in [0.5, 0.6) is 11.5 Å². The normalized spacial score (nSPS) is 14.8. The molecule has 32 heavy (non-hydrogen) atoms. The standard InChI is InChI=1S/C21H19ClN2O7S/c1-29-7-6-23-20(25)18(32-21(23)26)11-14-9-16(22)19(17(10-14)30-2)31-12-13-4-3-5-15(8-13)24(27)28/h3-5,8-11H,6-7,12H2,1-2H3/b18-11+. The monoisotopic (exact) mass is 478 g/mol. The molecule has 0 aliphatic carbocycles. The highest BCUT2D eigenvalue weighted by molar-refractivity contribution is 8.18. The summed E-state index contributed by atoms with van der Waals surface area (Å²) in [6.45, 7) is 0.462. The van der Waals surface area contributed by atoms with Crippen LogP contribution in [0.1, 0.15) is 11.1 Å². The lowest BCUT2D eigenvalue weighted by Crippen LogP contribution is -2.31. The fourth-order valence-electron chi connectivity index (χ4n) is 2.91. The third kappa shape index (κ3) is 5.39. The first-order chi connectivity index (χ1) is 15.3. The van der Waals surface area contributed by atoms with E-state index in [9.17, 15) is 19.7 Å². The topological polar surface area (TPSA) is 108 Å². The number of ether oxygens (including phenoxy) is 3. The van der Waals surface area contributed by atoms with E-state index >= 15 is 0 Å². The fraction of sp³-hybridized carbons (Fsp3) is 0.238. The van der Waals surface area contributed by atoms with Crippen LogP contribution in [0, 0.1) is 10.1 Å². The predicted molar refractivity (Wildman–Crippen MR) is 120 cm³/mol. The number of amides is 2. The summed E-state index contributed by atoms with van der Waals surface area (Å²) in [5.41, 5.74) is 1.09. The van der Waals surface area contributed by atoms with Gasteiger partial charge in [0.2, 0.25) is 0 Å². The Balaban J connectivity index is 1.80. The lowest BCUT2D eigenvalue weighted by atomic mass is 10.1. The number of hydrogen-bond donors (Lipinski definition) is 0. The molecule has 0 bridgehead atoms. The molecule has 0 aromatic heterocycles. The quantitative estimate of drug-likeness (QED) is 0.294. The van der Waals surface area contributed by atoms with Crippen LogP contribution in [0.25, 0.3) is 6.08 Å². The molecule has 0 unspecified atom stereocenters. The van der Waals surface area contributed by atoms with Gasteiger partial charge in [0, 0.05) is 19.2 Å². The number of hydrogen-bond acceptors (Lipinski definition) is 8. The SMILES string of the molecule is COCCN1C(=O)S/C(=C/c2cc(Cl)c(OCc3cccc([N+](=O)[O-])c3)c(OC)c2)C1=O. The number of nitro groups is 1. The predicted octanol–water partition coefficient (Wildman–Crippen LogP) is 4.52. The van der Waals surface area contributed by atoms with E-state index in [0.717, 1.165) is 16.7 Å². The average molecular weight is 479 g/mol. The van der Waals surface area contributed by atoms with Crippen molar-refractivity contribution in [2.45, 2.75) is 6.61 Å². The third-order valence-corrected chi connectivity index (χ3v) is 5.63. The van der Waals surface area contributed by atoms with Gasteiger partial charge in [-0.1, -0.05) is 23.7 Å². The number of thioether (sulfide) groups is 1. The van der Waals surface area contributed by atoms with Crippen molar-refractivity contribution >= 4 is 46.3 Å². The second-order valence-electron chi connectivity index (χ2n) is 6.58. The molecule has 2 amide bonds. The van der Waals surface area contributed by atoms with Crippen molar-refractivity contribution in [3.05, 3.63) is 67.6 Å². The summed E-state index contributed by atoms with van der Waals surface area (Å²) in [7, 11) is 2.93. The summed E-state index contributed by atoms with van der Waals surface area (Å²) in [6.07, 6.45) is 1.55. The number of carbonyl (C=O) groups excluding carboxylic acids is 2. The highest BCUT2D eigenvalue weighted by Gasteiger charge is 2.34. The summed E-state index contributed by atoms with van der Waals surface area (Å²) < 4.78 is 16.1. The minimum Gasteiger partial charge on any atom is -0.493 e. The molecule has 11 heteroatoms. The minimum absolute atomic E-state index is 0.0372. The van der Waals surface area contributed by atoms with E-state index < -0.39 is 10.8 Å². The van der Waals surface area contributed by atoms with Crippen molar-refractivity contribution in [3.8, 4) is 11.5 Å². The summed E-state index contributed by atoms with van der Waals surface area (Å²) in [5.74, 6) is 0.164. The minimum atomic E-state index is -0.483. The number of non-ortho nitro benzene ring substituents is 1. The number of benzene rings is 2. The zero-order valence-electron chi connectivity index (χ0n) is 17.2. The highest BCUT2D eigenvalue weighted by atomic mass is 35.5. The van der Waals surface area contributed by atoms with E-state index in [1.807, 2.05) is 0 Å². The van der Waals surface area contributed by atoms with E-state index in [4.69, 9.17) is 25.8 Å². The largest absolute Gasteiger partial charge is 0.493 e. The lowest BCUT2D eigenvalue weighted by molar-refractivity contribution is -0.384. The van der Waals surface area contributed by atoms with Crippen LogP contribution >= 0.6 is 23.4 Å². The van der Waals surface area contributed by atoms with Crippen molar-refractivity contribution in [2.24, 2.45) is 0 Å². The van der Waals surface area contributed by atoms with Crippen LogP contribution in [0.4, 0.5) is 10.5 Å². The molecule has 2 aromatic carbocycles. The molecule has 1 aliphatic rings. The smallest absolute Gasteiger partial charge is 0.293 e. The zero-order chi connectivity index (χ0) is 23.3. The fourth-order valence-corrected chi connectivity index (χ4v) is 4.04. The molecular weight excluding hydrogens is 460 g/mol. The third-order valence-electron chi connectivity index (χ3n) is 4.45. The molecule has 0 atom stereocenters.